The number of hydrogen-bond donors (Lipinski definition) is 1. The summed E-state index contributed by atoms with van der Waals surface area (Å²) in [5.74, 6) is -1.11. The van der Waals surface area contributed by atoms with Crippen molar-refractivity contribution in [2.45, 2.75) is 6.54 Å². The summed E-state index contributed by atoms with van der Waals surface area (Å²) in [6.45, 7) is 0.0667. The first kappa shape index (κ1) is 14.2. The lowest BCUT2D eigenvalue weighted by Crippen LogP contribution is -2.02. The van der Waals surface area contributed by atoms with E-state index in [-0.39, 0.29) is 12.3 Å². The fourth-order valence-corrected chi connectivity index (χ4v) is 1.93. The number of nitro benzene ring substituents is 1. The van der Waals surface area contributed by atoms with Gasteiger partial charge in [0.15, 0.2) is 5.82 Å². The van der Waals surface area contributed by atoms with E-state index < -0.39 is 22.2 Å². The minimum Gasteiger partial charge on any atom is -0.447 e. The van der Waals surface area contributed by atoms with E-state index in [0.29, 0.717) is 10.6 Å². The molecule has 7 heteroatoms. The number of nitrogens with two attached hydrogens (primary N) is 1. The molecule has 0 aliphatic rings. The van der Waals surface area contributed by atoms with E-state index in [9.17, 15) is 14.5 Å². The van der Waals surface area contributed by atoms with Crippen LogP contribution in [0.3, 0.4) is 0 Å². The Morgan fingerprint density at radius 3 is 2.65 bits per heavy atom. The van der Waals surface area contributed by atoms with Gasteiger partial charge in [0.1, 0.15) is 5.75 Å². The number of benzene rings is 2. The fraction of sp³-hybridized carbons (Fsp3) is 0.0769. The highest BCUT2D eigenvalue weighted by Gasteiger charge is 2.21. The molecule has 0 spiro atoms. The van der Waals surface area contributed by atoms with Crippen molar-refractivity contribution in [3.63, 3.8) is 0 Å². The number of para-hydroxylation sites is 1. The topological polar surface area (TPSA) is 78.4 Å². The van der Waals surface area contributed by atoms with Crippen LogP contribution in [0.4, 0.5) is 10.1 Å². The zero-order chi connectivity index (χ0) is 14.7. The van der Waals surface area contributed by atoms with Crippen LogP contribution in [0, 0.1) is 15.9 Å². The second kappa shape index (κ2) is 5.85. The van der Waals surface area contributed by atoms with Crippen LogP contribution in [0.15, 0.2) is 36.4 Å². The lowest BCUT2D eigenvalue weighted by Gasteiger charge is -2.11. The molecule has 104 valence electrons. The number of halogens is 2. The Kier molecular flexibility index (Phi) is 4.16. The maximum atomic E-state index is 13.7. The van der Waals surface area contributed by atoms with Crippen molar-refractivity contribution >= 4 is 17.3 Å². The molecule has 0 amide bonds. The third-order valence-corrected chi connectivity index (χ3v) is 2.99. The lowest BCUT2D eigenvalue weighted by atomic mass is 10.2. The average molecular weight is 297 g/mol. The van der Waals surface area contributed by atoms with Gasteiger partial charge in [-0.05, 0) is 18.2 Å². The molecule has 0 saturated carbocycles. The quantitative estimate of drug-likeness (QED) is 0.690. The van der Waals surface area contributed by atoms with Crippen LogP contribution in [-0.2, 0) is 6.54 Å². The predicted octanol–water partition coefficient (Wildman–Crippen LogP) is 3.64. The van der Waals surface area contributed by atoms with Gasteiger partial charge in [-0.15, -0.1) is 0 Å². The van der Waals surface area contributed by atoms with E-state index in [1.54, 1.807) is 12.1 Å². The van der Waals surface area contributed by atoms with Crippen molar-refractivity contribution in [1.82, 2.24) is 0 Å². The molecule has 2 aromatic carbocycles. The number of nitrogens with zero attached hydrogens (tertiary/aromatic N) is 1. The van der Waals surface area contributed by atoms with Crippen LogP contribution in [0.2, 0.25) is 5.02 Å². The molecule has 2 aromatic rings. The summed E-state index contributed by atoms with van der Waals surface area (Å²) in [7, 11) is 0. The number of ether oxygens (including phenoxy) is 1. The van der Waals surface area contributed by atoms with Gasteiger partial charge in [0.2, 0.25) is 5.75 Å². The summed E-state index contributed by atoms with van der Waals surface area (Å²) in [5, 5.41) is 11.2. The molecule has 0 aromatic heterocycles. The van der Waals surface area contributed by atoms with Crippen molar-refractivity contribution in [3.8, 4) is 11.5 Å². The van der Waals surface area contributed by atoms with Crippen LogP contribution >= 0.6 is 11.6 Å². The van der Waals surface area contributed by atoms with Crippen molar-refractivity contribution in [3.05, 3.63) is 62.9 Å². The van der Waals surface area contributed by atoms with Crippen LogP contribution < -0.4 is 10.5 Å². The molecule has 0 saturated heterocycles. The number of nitro groups is 1. The third kappa shape index (κ3) is 2.71. The van der Waals surface area contributed by atoms with E-state index in [2.05, 4.69) is 0 Å². The summed E-state index contributed by atoms with van der Waals surface area (Å²) in [4.78, 5) is 10.2. The smallest absolute Gasteiger partial charge is 0.314 e. The van der Waals surface area contributed by atoms with Gasteiger partial charge in [-0.25, -0.2) is 4.39 Å². The summed E-state index contributed by atoms with van der Waals surface area (Å²) in [6.07, 6.45) is 0. The minimum absolute atomic E-state index is 0.0667. The normalized spacial score (nSPS) is 10.3. The van der Waals surface area contributed by atoms with E-state index >= 15 is 0 Å². The molecule has 0 bridgehead atoms. The third-order valence-electron chi connectivity index (χ3n) is 2.63. The molecule has 5 nitrogen and oxygen atoms in total. The molecule has 0 fully saturated rings. The van der Waals surface area contributed by atoms with Gasteiger partial charge in [0.25, 0.3) is 0 Å². The highest BCUT2D eigenvalue weighted by molar-refractivity contribution is 6.31. The summed E-state index contributed by atoms with van der Waals surface area (Å²) in [5.41, 5.74) is 5.53. The summed E-state index contributed by atoms with van der Waals surface area (Å²) < 4.78 is 19.1. The summed E-state index contributed by atoms with van der Waals surface area (Å²) >= 11 is 5.95. The van der Waals surface area contributed by atoms with Crippen LogP contribution in [0.5, 0.6) is 11.5 Å². The van der Waals surface area contributed by atoms with Crippen molar-refractivity contribution in [2.75, 3.05) is 0 Å². The second-order valence-corrected chi connectivity index (χ2v) is 4.28. The van der Waals surface area contributed by atoms with Crippen LogP contribution in [0.25, 0.3) is 0 Å². The first-order valence-electron chi connectivity index (χ1n) is 5.62. The molecule has 0 atom stereocenters. The Balaban J connectivity index is 2.50. The van der Waals surface area contributed by atoms with Gasteiger partial charge >= 0.3 is 5.69 Å². The Morgan fingerprint density at radius 2 is 2.00 bits per heavy atom. The van der Waals surface area contributed by atoms with Crippen LogP contribution in [-0.4, -0.2) is 4.92 Å². The molecule has 0 heterocycles. The highest BCUT2D eigenvalue weighted by atomic mass is 35.5. The van der Waals surface area contributed by atoms with E-state index in [1.807, 2.05) is 0 Å². The first-order chi connectivity index (χ1) is 9.54. The van der Waals surface area contributed by atoms with Gasteiger partial charge in [0.05, 0.1) is 4.92 Å². The molecule has 20 heavy (non-hydrogen) atoms. The SMILES string of the molecule is NCc1c(Cl)cccc1Oc1c(F)cccc1[N+](=O)[O-]. The predicted molar refractivity (Wildman–Crippen MR) is 72.5 cm³/mol. The van der Waals surface area contributed by atoms with Gasteiger partial charge in [-0.2, -0.15) is 0 Å². The Hall–Kier alpha value is -2.18. The Morgan fingerprint density at radius 1 is 1.30 bits per heavy atom. The average Bonchev–Trinajstić information content (AvgIpc) is 2.41. The monoisotopic (exact) mass is 296 g/mol. The van der Waals surface area contributed by atoms with E-state index in [4.69, 9.17) is 22.1 Å². The molecular weight excluding hydrogens is 287 g/mol. The Labute approximate surface area is 118 Å². The summed E-state index contributed by atoms with van der Waals surface area (Å²) in [6, 6.07) is 8.18. The van der Waals surface area contributed by atoms with Gasteiger partial charge in [-0.1, -0.05) is 23.7 Å². The number of rotatable bonds is 4. The number of hydrogen-bond acceptors (Lipinski definition) is 4. The van der Waals surface area contributed by atoms with Crippen molar-refractivity contribution < 1.29 is 14.1 Å². The molecule has 0 aliphatic heterocycles. The largest absolute Gasteiger partial charge is 0.447 e. The Bertz CT molecular complexity index is 664. The molecule has 2 N–H and O–H groups in total. The van der Waals surface area contributed by atoms with Gasteiger partial charge < -0.3 is 10.5 Å². The molecular formula is C13H10ClFN2O3. The molecule has 0 unspecified atom stereocenters. The van der Waals surface area contributed by atoms with E-state index in [0.717, 1.165) is 12.1 Å². The maximum Gasteiger partial charge on any atom is 0.314 e. The van der Waals surface area contributed by atoms with Gasteiger partial charge in [0, 0.05) is 23.2 Å². The minimum atomic E-state index is -0.831. The maximum absolute atomic E-state index is 13.7. The highest BCUT2D eigenvalue weighted by Crippen LogP contribution is 2.36. The van der Waals surface area contributed by atoms with Crippen molar-refractivity contribution in [1.29, 1.82) is 0 Å². The second-order valence-electron chi connectivity index (χ2n) is 3.87. The van der Waals surface area contributed by atoms with Crippen molar-refractivity contribution in [2.24, 2.45) is 5.73 Å². The van der Waals surface area contributed by atoms with Crippen LogP contribution in [0.1, 0.15) is 5.56 Å². The zero-order valence-corrected chi connectivity index (χ0v) is 10.9. The molecule has 2 rings (SSSR count). The zero-order valence-electron chi connectivity index (χ0n) is 10.2. The molecule has 0 aliphatic carbocycles. The fourth-order valence-electron chi connectivity index (χ4n) is 1.68. The van der Waals surface area contributed by atoms with E-state index in [1.165, 1.54) is 12.1 Å². The molecule has 0 radical (unpaired) electrons. The lowest BCUT2D eigenvalue weighted by molar-refractivity contribution is -0.385. The standard InChI is InChI=1S/C13H10ClFN2O3/c14-9-3-1-6-12(8(9)7-16)20-13-10(15)4-2-5-11(13)17(18)19/h1-6H,7,16H2. The van der Waals surface area contributed by atoms with Gasteiger partial charge in [-0.3, -0.25) is 10.1 Å². The first-order valence-corrected chi connectivity index (χ1v) is 6.00.